The molecule has 0 aliphatic rings. The van der Waals surface area contributed by atoms with E-state index in [-0.39, 0.29) is 12.8 Å². The molecule has 0 unspecified atom stereocenters. The molecule has 0 amide bonds. The van der Waals surface area contributed by atoms with E-state index in [1.54, 1.807) is 0 Å². The molecule has 0 aromatic rings. The van der Waals surface area contributed by atoms with Gasteiger partial charge in [0.15, 0.2) is 3.79 Å². The van der Waals surface area contributed by atoms with Gasteiger partial charge in [0.1, 0.15) is 0 Å². The molecule has 0 N–H and O–H groups in total. The first-order valence-electron chi connectivity index (χ1n) is 2.17. The summed E-state index contributed by atoms with van der Waals surface area (Å²) in [5.74, 6) is 0. The summed E-state index contributed by atoms with van der Waals surface area (Å²) >= 11 is 20.9. The lowest BCUT2D eigenvalue weighted by Crippen LogP contribution is -2.03. The second kappa shape index (κ2) is 3.87. The molecule has 9 heavy (non-hydrogen) atoms. The SMILES string of the molecule is O=C(Cl)CCC(Cl)(Cl)Cl. The fraction of sp³-hybridized carbons (Fsp3) is 0.750. The Hall–Kier alpha value is 0.830. The third-order valence-electron chi connectivity index (χ3n) is 0.605. The summed E-state index contributed by atoms with van der Waals surface area (Å²) in [5, 5.41) is -0.485. The molecule has 0 aliphatic carbocycles. The lowest BCUT2D eigenvalue weighted by molar-refractivity contribution is -0.111. The highest BCUT2D eigenvalue weighted by atomic mass is 35.6. The Labute approximate surface area is 73.2 Å². The monoisotopic (exact) mass is 208 g/mol. The Morgan fingerprint density at radius 2 is 1.78 bits per heavy atom. The highest BCUT2D eigenvalue weighted by Gasteiger charge is 2.19. The molecule has 0 atom stereocenters. The molecule has 0 aliphatic heterocycles. The van der Waals surface area contributed by atoms with Gasteiger partial charge in [-0.25, -0.2) is 0 Å². The molecule has 0 aromatic carbocycles. The van der Waals surface area contributed by atoms with Crippen LogP contribution in [0, 0.1) is 0 Å². The van der Waals surface area contributed by atoms with Crippen LogP contribution >= 0.6 is 46.4 Å². The van der Waals surface area contributed by atoms with Gasteiger partial charge in [0.25, 0.3) is 0 Å². The standard InChI is InChI=1S/C4H4Cl4O/c5-3(9)1-2-4(6,7)8/h1-2H2. The Kier molecular flexibility index (Phi) is 4.22. The van der Waals surface area contributed by atoms with Crippen molar-refractivity contribution in [1.82, 2.24) is 0 Å². The Bertz CT molecular complexity index is 106. The van der Waals surface area contributed by atoms with Gasteiger partial charge < -0.3 is 0 Å². The van der Waals surface area contributed by atoms with Crippen LogP contribution in [0.2, 0.25) is 0 Å². The lowest BCUT2D eigenvalue weighted by Gasteiger charge is -2.06. The number of rotatable bonds is 2. The second-order valence-corrected chi connectivity index (χ2v) is 4.41. The molecule has 0 spiro atoms. The van der Waals surface area contributed by atoms with Crippen molar-refractivity contribution in [2.24, 2.45) is 0 Å². The predicted octanol–water partition coefficient (Wildman–Crippen LogP) is 2.90. The van der Waals surface area contributed by atoms with Crippen LogP contribution in [0.3, 0.4) is 0 Å². The van der Waals surface area contributed by atoms with Gasteiger partial charge in [-0.3, -0.25) is 4.79 Å². The maximum Gasteiger partial charge on any atom is 0.221 e. The quantitative estimate of drug-likeness (QED) is 0.505. The number of carbonyl (C=O) groups is 1. The van der Waals surface area contributed by atoms with E-state index >= 15 is 0 Å². The van der Waals surface area contributed by atoms with Gasteiger partial charge in [-0.05, 0) is 11.6 Å². The van der Waals surface area contributed by atoms with Crippen molar-refractivity contribution in [3.05, 3.63) is 0 Å². The predicted molar refractivity (Wildman–Crippen MR) is 40.4 cm³/mol. The zero-order valence-corrected chi connectivity index (χ0v) is 7.36. The topological polar surface area (TPSA) is 17.1 Å². The molecule has 0 fully saturated rings. The highest BCUT2D eigenvalue weighted by Crippen LogP contribution is 2.31. The summed E-state index contributed by atoms with van der Waals surface area (Å²) in [7, 11) is 0. The fourth-order valence-corrected chi connectivity index (χ4v) is 0.618. The number of hydrogen-bond donors (Lipinski definition) is 0. The van der Waals surface area contributed by atoms with Crippen molar-refractivity contribution >= 4 is 51.6 Å². The molecule has 0 aromatic heterocycles. The first kappa shape index (κ1) is 9.83. The summed E-state index contributed by atoms with van der Waals surface area (Å²) in [6, 6.07) is 0. The molecule has 54 valence electrons. The Morgan fingerprint density at radius 1 is 1.33 bits per heavy atom. The summed E-state index contributed by atoms with van der Waals surface area (Å²) in [6.07, 6.45) is 0.262. The van der Waals surface area contributed by atoms with Gasteiger partial charge >= 0.3 is 0 Å². The van der Waals surface area contributed by atoms with Crippen molar-refractivity contribution < 1.29 is 4.79 Å². The molecule has 0 bridgehead atoms. The zero-order chi connectivity index (χ0) is 7.49. The summed E-state index contributed by atoms with van der Waals surface area (Å²) in [6.45, 7) is 0. The molecule has 0 heterocycles. The van der Waals surface area contributed by atoms with E-state index in [0.717, 1.165) is 0 Å². The van der Waals surface area contributed by atoms with Crippen LogP contribution in [0.25, 0.3) is 0 Å². The molecule has 1 nitrogen and oxygen atoms in total. The van der Waals surface area contributed by atoms with Crippen molar-refractivity contribution in [3.8, 4) is 0 Å². The van der Waals surface area contributed by atoms with Crippen LogP contribution in [-0.4, -0.2) is 9.03 Å². The van der Waals surface area contributed by atoms with Crippen molar-refractivity contribution in [3.63, 3.8) is 0 Å². The van der Waals surface area contributed by atoms with Crippen LogP contribution in [0.1, 0.15) is 12.8 Å². The van der Waals surface area contributed by atoms with E-state index in [9.17, 15) is 4.79 Å². The second-order valence-electron chi connectivity index (χ2n) is 1.47. The van der Waals surface area contributed by atoms with E-state index in [0.29, 0.717) is 0 Å². The van der Waals surface area contributed by atoms with Crippen LogP contribution in [-0.2, 0) is 4.79 Å². The smallest absolute Gasteiger partial charge is 0.221 e. The van der Waals surface area contributed by atoms with Crippen LogP contribution in [0.4, 0.5) is 0 Å². The minimum absolute atomic E-state index is 0.0953. The molecule has 0 saturated carbocycles. The van der Waals surface area contributed by atoms with Crippen LogP contribution < -0.4 is 0 Å². The molecular weight excluding hydrogens is 206 g/mol. The Balaban J connectivity index is 3.39. The Morgan fingerprint density at radius 3 is 1.89 bits per heavy atom. The van der Waals surface area contributed by atoms with Crippen molar-refractivity contribution in [1.29, 1.82) is 0 Å². The largest absolute Gasteiger partial charge is 0.281 e. The zero-order valence-electron chi connectivity index (χ0n) is 4.33. The normalized spacial score (nSPS) is 11.6. The van der Waals surface area contributed by atoms with E-state index in [1.807, 2.05) is 0 Å². The summed E-state index contributed by atoms with van der Waals surface area (Å²) < 4.78 is -1.36. The summed E-state index contributed by atoms with van der Waals surface area (Å²) in [5.41, 5.74) is 0. The average Bonchev–Trinajstić information content (AvgIpc) is 1.59. The maximum atomic E-state index is 10.1. The van der Waals surface area contributed by atoms with Gasteiger partial charge in [-0.15, -0.1) is 0 Å². The number of carbonyl (C=O) groups excluding carboxylic acids is 1. The number of halogens is 4. The fourth-order valence-electron chi connectivity index (χ4n) is 0.240. The van der Waals surface area contributed by atoms with Gasteiger partial charge in [0.05, 0.1) is 0 Å². The van der Waals surface area contributed by atoms with E-state index < -0.39 is 9.03 Å². The number of alkyl halides is 3. The molecule has 0 saturated heterocycles. The van der Waals surface area contributed by atoms with Gasteiger partial charge in [0.2, 0.25) is 5.24 Å². The first-order chi connectivity index (χ1) is 3.92. The molecule has 5 heteroatoms. The third-order valence-corrected chi connectivity index (χ3v) is 1.36. The van der Waals surface area contributed by atoms with E-state index in [1.165, 1.54) is 0 Å². The van der Waals surface area contributed by atoms with Gasteiger partial charge in [-0.2, -0.15) is 0 Å². The van der Waals surface area contributed by atoms with Crippen LogP contribution in [0.15, 0.2) is 0 Å². The van der Waals surface area contributed by atoms with Gasteiger partial charge in [0, 0.05) is 12.8 Å². The molecule has 0 rings (SSSR count). The van der Waals surface area contributed by atoms with Crippen molar-refractivity contribution in [2.45, 2.75) is 16.6 Å². The maximum absolute atomic E-state index is 10.1. The molecular formula is C4H4Cl4O. The summed E-state index contributed by atoms with van der Waals surface area (Å²) in [4.78, 5) is 10.1. The highest BCUT2D eigenvalue weighted by molar-refractivity contribution is 6.68. The minimum atomic E-state index is -1.36. The lowest BCUT2D eigenvalue weighted by atomic mass is 10.4. The minimum Gasteiger partial charge on any atom is -0.281 e. The first-order valence-corrected chi connectivity index (χ1v) is 3.68. The third kappa shape index (κ3) is 8.83. The molecule has 0 radical (unpaired) electrons. The number of hydrogen-bond acceptors (Lipinski definition) is 1. The van der Waals surface area contributed by atoms with E-state index in [2.05, 4.69) is 0 Å². The van der Waals surface area contributed by atoms with Crippen LogP contribution in [0.5, 0.6) is 0 Å². The average molecular weight is 210 g/mol. The van der Waals surface area contributed by atoms with E-state index in [4.69, 9.17) is 46.4 Å². The van der Waals surface area contributed by atoms with Gasteiger partial charge in [-0.1, -0.05) is 34.8 Å². The van der Waals surface area contributed by atoms with Crippen molar-refractivity contribution in [2.75, 3.05) is 0 Å².